The number of carbonyl (C=O) groups is 1. The molecule has 2 nitrogen and oxygen atoms in total. The van der Waals surface area contributed by atoms with Crippen LogP contribution in [0.1, 0.15) is 12.5 Å². The summed E-state index contributed by atoms with van der Waals surface area (Å²) < 4.78 is 0.625. The van der Waals surface area contributed by atoms with Gasteiger partial charge in [-0.3, -0.25) is 4.79 Å². The Morgan fingerprint density at radius 2 is 2.00 bits per heavy atom. The summed E-state index contributed by atoms with van der Waals surface area (Å²) in [4.78, 5) is 10.6. The molecule has 1 aromatic rings. The summed E-state index contributed by atoms with van der Waals surface area (Å²) in [6.07, 6.45) is 0. The molecule has 0 fully saturated rings. The Morgan fingerprint density at radius 3 is 2.50 bits per heavy atom. The monoisotopic (exact) mass is 226 g/mol. The summed E-state index contributed by atoms with van der Waals surface area (Å²) in [5.41, 5.74) is 0.903. The highest BCUT2D eigenvalue weighted by atomic mass is 32.2. The number of carboxylic acid groups (broad SMARTS) is 1. The molecule has 1 N–H and O–H groups in total. The van der Waals surface area contributed by atoms with E-state index in [0.29, 0.717) is 4.20 Å². The zero-order chi connectivity index (χ0) is 10.6. The zero-order valence-corrected chi connectivity index (χ0v) is 9.27. The molecule has 0 saturated heterocycles. The molecular formula is C10H10O2S2. The fourth-order valence-corrected chi connectivity index (χ4v) is 2.12. The Bertz CT molecular complexity index is 335. The largest absolute Gasteiger partial charge is 0.480 e. The van der Waals surface area contributed by atoms with Gasteiger partial charge in [0.15, 0.2) is 0 Å². The van der Waals surface area contributed by atoms with Crippen molar-refractivity contribution in [1.29, 1.82) is 0 Å². The average Bonchev–Trinajstić information content (AvgIpc) is 2.19. The van der Waals surface area contributed by atoms with Crippen LogP contribution in [0, 0.1) is 0 Å². The third kappa shape index (κ3) is 3.12. The van der Waals surface area contributed by atoms with Gasteiger partial charge in [0.1, 0.15) is 5.25 Å². The van der Waals surface area contributed by atoms with Crippen molar-refractivity contribution in [1.82, 2.24) is 0 Å². The molecule has 0 bridgehead atoms. The second-order valence-corrected chi connectivity index (χ2v) is 4.77. The Labute approximate surface area is 92.3 Å². The third-order valence-electron chi connectivity index (χ3n) is 1.64. The molecule has 1 unspecified atom stereocenters. The molecule has 0 spiro atoms. The summed E-state index contributed by atoms with van der Waals surface area (Å²) in [6, 6.07) is 9.42. The minimum absolute atomic E-state index is 0.497. The number of hydrogen-bond donors (Lipinski definition) is 1. The van der Waals surface area contributed by atoms with Gasteiger partial charge in [-0.1, -0.05) is 54.3 Å². The van der Waals surface area contributed by atoms with Crippen LogP contribution in [0.25, 0.3) is 0 Å². The van der Waals surface area contributed by atoms with E-state index in [1.807, 2.05) is 30.3 Å². The maximum Gasteiger partial charge on any atom is 0.316 e. The van der Waals surface area contributed by atoms with E-state index in [1.54, 1.807) is 6.92 Å². The molecule has 0 saturated carbocycles. The highest BCUT2D eigenvalue weighted by molar-refractivity contribution is 8.24. The van der Waals surface area contributed by atoms with Crippen molar-refractivity contribution in [3.63, 3.8) is 0 Å². The van der Waals surface area contributed by atoms with Crippen molar-refractivity contribution in [2.24, 2.45) is 0 Å². The number of aliphatic carboxylic acids is 1. The van der Waals surface area contributed by atoms with Gasteiger partial charge in [0.05, 0.1) is 4.20 Å². The zero-order valence-electron chi connectivity index (χ0n) is 7.64. The second-order valence-electron chi connectivity index (χ2n) is 2.75. The normalized spacial score (nSPS) is 12.1. The predicted octanol–water partition coefficient (Wildman–Crippen LogP) is 2.57. The minimum atomic E-state index is -0.840. The van der Waals surface area contributed by atoms with Crippen LogP contribution in [0.3, 0.4) is 0 Å². The van der Waals surface area contributed by atoms with Crippen molar-refractivity contribution in [2.45, 2.75) is 12.2 Å². The van der Waals surface area contributed by atoms with Crippen molar-refractivity contribution in [2.75, 3.05) is 0 Å². The average molecular weight is 226 g/mol. The molecule has 0 radical (unpaired) electrons. The number of rotatable bonds is 3. The summed E-state index contributed by atoms with van der Waals surface area (Å²) in [5.74, 6) is -0.840. The summed E-state index contributed by atoms with van der Waals surface area (Å²) in [6.45, 7) is 1.63. The number of thiocarbonyl (C=S) groups is 1. The van der Waals surface area contributed by atoms with Gasteiger partial charge in [0.25, 0.3) is 0 Å². The lowest BCUT2D eigenvalue weighted by Crippen LogP contribution is -2.13. The van der Waals surface area contributed by atoms with Gasteiger partial charge in [-0.05, 0) is 12.5 Å². The highest BCUT2D eigenvalue weighted by Gasteiger charge is 2.14. The first-order chi connectivity index (χ1) is 6.61. The molecule has 0 heterocycles. The standard InChI is InChI=1S/C10H10O2S2/c1-7(9(11)12)14-10(13)8-5-3-2-4-6-8/h2-7H,1H3,(H,11,12). The van der Waals surface area contributed by atoms with Crippen molar-refractivity contribution in [3.05, 3.63) is 35.9 Å². The van der Waals surface area contributed by atoms with Crippen LogP contribution in [-0.4, -0.2) is 20.5 Å². The van der Waals surface area contributed by atoms with E-state index in [-0.39, 0.29) is 0 Å². The summed E-state index contributed by atoms with van der Waals surface area (Å²) in [5, 5.41) is 8.20. The van der Waals surface area contributed by atoms with E-state index in [4.69, 9.17) is 17.3 Å². The van der Waals surface area contributed by atoms with Gasteiger partial charge in [-0.25, -0.2) is 0 Å². The fraction of sp³-hybridized carbons (Fsp3) is 0.200. The maximum atomic E-state index is 10.6. The molecule has 0 aromatic heterocycles. The lowest BCUT2D eigenvalue weighted by molar-refractivity contribution is -0.136. The van der Waals surface area contributed by atoms with Crippen LogP contribution in [0.5, 0.6) is 0 Å². The van der Waals surface area contributed by atoms with E-state index >= 15 is 0 Å². The van der Waals surface area contributed by atoms with E-state index in [1.165, 1.54) is 11.8 Å². The maximum absolute atomic E-state index is 10.6. The lowest BCUT2D eigenvalue weighted by atomic mass is 10.2. The van der Waals surface area contributed by atoms with Crippen LogP contribution in [-0.2, 0) is 4.79 Å². The molecule has 1 aromatic carbocycles. The number of thioether (sulfide) groups is 1. The van der Waals surface area contributed by atoms with Crippen molar-refractivity contribution in [3.8, 4) is 0 Å². The van der Waals surface area contributed by atoms with Crippen LogP contribution in [0.2, 0.25) is 0 Å². The highest BCUT2D eigenvalue weighted by Crippen LogP contribution is 2.18. The van der Waals surface area contributed by atoms with Gasteiger partial charge in [-0.15, -0.1) is 0 Å². The molecule has 1 atom stereocenters. The molecule has 14 heavy (non-hydrogen) atoms. The lowest BCUT2D eigenvalue weighted by Gasteiger charge is -2.06. The smallest absolute Gasteiger partial charge is 0.316 e. The predicted molar refractivity (Wildman–Crippen MR) is 62.8 cm³/mol. The van der Waals surface area contributed by atoms with Gasteiger partial charge in [0, 0.05) is 0 Å². The first-order valence-corrected chi connectivity index (χ1v) is 5.39. The molecule has 0 aliphatic carbocycles. The molecule has 0 aliphatic heterocycles. The Morgan fingerprint density at radius 1 is 1.43 bits per heavy atom. The SMILES string of the molecule is CC(SC(=S)c1ccccc1)C(=O)O. The number of benzene rings is 1. The topological polar surface area (TPSA) is 37.3 Å². The molecule has 0 amide bonds. The minimum Gasteiger partial charge on any atom is -0.480 e. The van der Waals surface area contributed by atoms with Gasteiger partial charge in [0.2, 0.25) is 0 Å². The molecule has 74 valence electrons. The Balaban J connectivity index is 2.64. The van der Waals surface area contributed by atoms with Crippen LogP contribution in [0.15, 0.2) is 30.3 Å². The molecule has 4 heteroatoms. The fourth-order valence-electron chi connectivity index (χ4n) is 0.853. The van der Waals surface area contributed by atoms with Crippen molar-refractivity contribution >= 4 is 34.1 Å². The molecular weight excluding hydrogens is 216 g/mol. The molecule has 0 aliphatic rings. The van der Waals surface area contributed by atoms with E-state index < -0.39 is 11.2 Å². The Kier molecular flexibility index (Phi) is 4.10. The first-order valence-electron chi connectivity index (χ1n) is 4.10. The first kappa shape index (κ1) is 11.2. The van der Waals surface area contributed by atoms with E-state index in [9.17, 15) is 4.79 Å². The van der Waals surface area contributed by atoms with Crippen LogP contribution < -0.4 is 0 Å². The van der Waals surface area contributed by atoms with Crippen LogP contribution in [0.4, 0.5) is 0 Å². The number of carboxylic acids is 1. The van der Waals surface area contributed by atoms with Gasteiger partial charge < -0.3 is 5.11 Å². The van der Waals surface area contributed by atoms with E-state index in [0.717, 1.165) is 5.56 Å². The quantitative estimate of drug-likeness (QED) is 0.804. The van der Waals surface area contributed by atoms with Gasteiger partial charge >= 0.3 is 5.97 Å². The Hall–Kier alpha value is -0.870. The number of hydrogen-bond acceptors (Lipinski definition) is 3. The summed E-state index contributed by atoms with van der Waals surface area (Å²) in [7, 11) is 0. The van der Waals surface area contributed by atoms with E-state index in [2.05, 4.69) is 0 Å². The summed E-state index contributed by atoms with van der Waals surface area (Å²) >= 11 is 6.31. The molecule has 1 rings (SSSR count). The third-order valence-corrected chi connectivity index (χ3v) is 3.17. The van der Waals surface area contributed by atoms with Crippen LogP contribution >= 0.6 is 24.0 Å². The second kappa shape index (κ2) is 5.12. The van der Waals surface area contributed by atoms with Crippen molar-refractivity contribution < 1.29 is 9.90 Å². The van der Waals surface area contributed by atoms with Gasteiger partial charge in [-0.2, -0.15) is 0 Å².